The molecule has 0 bridgehead atoms. The van der Waals surface area contributed by atoms with Crippen molar-refractivity contribution in [3.8, 4) is 5.75 Å². The van der Waals surface area contributed by atoms with Gasteiger partial charge in [-0.1, -0.05) is 19.1 Å². The quantitative estimate of drug-likeness (QED) is 0.476. The third-order valence-electron chi connectivity index (χ3n) is 3.20. The number of rotatable bonds is 6. The van der Waals surface area contributed by atoms with E-state index in [1.807, 2.05) is 13.8 Å². The number of nitrogens with one attached hydrogen (secondary N) is 3. The molecule has 0 saturated carbocycles. The second-order valence-electron chi connectivity index (χ2n) is 5.20. The van der Waals surface area contributed by atoms with Crippen LogP contribution in [0.3, 0.4) is 0 Å². The average molecular weight is 305 g/mol. The lowest BCUT2D eigenvalue weighted by molar-refractivity contribution is -0.117. The molecule has 0 aliphatic rings. The van der Waals surface area contributed by atoms with Crippen LogP contribution in [0.2, 0.25) is 0 Å². The molecule has 22 heavy (non-hydrogen) atoms. The maximum atomic E-state index is 12.0. The SMILES string of the molecule is CCC(C)NC(=O)C=C(C)NNC(=O)c1cccc(C)c1O. The van der Waals surface area contributed by atoms with E-state index in [9.17, 15) is 14.7 Å². The summed E-state index contributed by atoms with van der Waals surface area (Å²) < 4.78 is 0. The van der Waals surface area contributed by atoms with E-state index in [1.54, 1.807) is 26.0 Å². The molecule has 6 nitrogen and oxygen atoms in total. The highest BCUT2D eigenvalue weighted by atomic mass is 16.3. The van der Waals surface area contributed by atoms with Crippen molar-refractivity contribution in [1.82, 2.24) is 16.2 Å². The van der Waals surface area contributed by atoms with Gasteiger partial charge >= 0.3 is 0 Å². The maximum absolute atomic E-state index is 12.0. The molecular formula is C16H23N3O3. The van der Waals surface area contributed by atoms with Crippen LogP contribution in [0.4, 0.5) is 0 Å². The number of carbonyl (C=O) groups is 2. The Morgan fingerprint density at radius 2 is 2.00 bits per heavy atom. The van der Waals surface area contributed by atoms with Crippen LogP contribution in [0.15, 0.2) is 30.0 Å². The van der Waals surface area contributed by atoms with Crippen LogP contribution in [0.1, 0.15) is 43.1 Å². The third kappa shape index (κ3) is 5.12. The topological polar surface area (TPSA) is 90.5 Å². The van der Waals surface area contributed by atoms with Gasteiger partial charge in [0.15, 0.2) is 0 Å². The minimum absolute atomic E-state index is 0.0575. The molecule has 120 valence electrons. The van der Waals surface area contributed by atoms with Crippen molar-refractivity contribution in [2.45, 2.75) is 40.2 Å². The Morgan fingerprint density at radius 3 is 2.64 bits per heavy atom. The number of phenolic OH excluding ortho intramolecular Hbond substituents is 1. The molecule has 0 aromatic heterocycles. The molecule has 4 N–H and O–H groups in total. The van der Waals surface area contributed by atoms with E-state index < -0.39 is 5.91 Å². The molecule has 6 heteroatoms. The van der Waals surface area contributed by atoms with Crippen molar-refractivity contribution in [2.75, 3.05) is 0 Å². The Morgan fingerprint density at radius 1 is 1.32 bits per heavy atom. The Labute approximate surface area is 130 Å². The summed E-state index contributed by atoms with van der Waals surface area (Å²) >= 11 is 0. The number of phenols is 1. The Balaban J connectivity index is 2.60. The smallest absolute Gasteiger partial charge is 0.273 e. The van der Waals surface area contributed by atoms with E-state index in [2.05, 4.69) is 16.2 Å². The molecule has 0 spiro atoms. The summed E-state index contributed by atoms with van der Waals surface area (Å²) in [4.78, 5) is 23.6. The van der Waals surface area contributed by atoms with Gasteiger partial charge in [-0.25, -0.2) is 0 Å². The number of amides is 2. The predicted molar refractivity (Wildman–Crippen MR) is 85.1 cm³/mol. The maximum Gasteiger partial charge on any atom is 0.273 e. The summed E-state index contributed by atoms with van der Waals surface area (Å²) in [5.41, 5.74) is 6.36. The van der Waals surface area contributed by atoms with Gasteiger partial charge in [0, 0.05) is 17.8 Å². The van der Waals surface area contributed by atoms with E-state index in [-0.39, 0.29) is 23.3 Å². The monoisotopic (exact) mass is 305 g/mol. The van der Waals surface area contributed by atoms with Gasteiger partial charge < -0.3 is 15.8 Å². The fraction of sp³-hybridized carbons (Fsp3) is 0.375. The van der Waals surface area contributed by atoms with Crippen molar-refractivity contribution in [3.05, 3.63) is 41.1 Å². The molecule has 1 atom stereocenters. The zero-order chi connectivity index (χ0) is 16.7. The summed E-state index contributed by atoms with van der Waals surface area (Å²) in [5, 5.41) is 12.6. The number of carbonyl (C=O) groups excluding carboxylic acids is 2. The van der Waals surface area contributed by atoms with E-state index in [0.29, 0.717) is 11.3 Å². The van der Waals surface area contributed by atoms with Crippen LogP contribution < -0.4 is 16.2 Å². The fourth-order valence-corrected chi connectivity index (χ4v) is 1.68. The standard InChI is InChI=1S/C16H23N3O3/c1-5-11(3)17-14(20)9-12(4)18-19-16(22)13-8-6-7-10(2)15(13)21/h6-9,11,18,21H,5H2,1-4H3,(H,17,20)(H,19,22). The summed E-state index contributed by atoms with van der Waals surface area (Å²) in [7, 11) is 0. The van der Waals surface area contributed by atoms with E-state index in [0.717, 1.165) is 6.42 Å². The van der Waals surface area contributed by atoms with E-state index in [4.69, 9.17) is 0 Å². The number of hydrogen-bond donors (Lipinski definition) is 4. The molecule has 0 saturated heterocycles. The first-order chi connectivity index (χ1) is 10.3. The van der Waals surface area contributed by atoms with Gasteiger partial charge in [0.05, 0.1) is 5.56 Å². The average Bonchev–Trinajstić information content (AvgIpc) is 2.47. The summed E-state index contributed by atoms with van der Waals surface area (Å²) in [5.74, 6) is -0.763. The first-order valence-corrected chi connectivity index (χ1v) is 7.18. The molecule has 0 radical (unpaired) electrons. The molecule has 0 fully saturated rings. The summed E-state index contributed by atoms with van der Waals surface area (Å²) in [6, 6.07) is 5.01. The number of hydrogen-bond acceptors (Lipinski definition) is 4. The van der Waals surface area contributed by atoms with Crippen molar-refractivity contribution in [1.29, 1.82) is 0 Å². The zero-order valence-electron chi connectivity index (χ0n) is 13.4. The van der Waals surface area contributed by atoms with Crippen molar-refractivity contribution >= 4 is 11.8 Å². The lowest BCUT2D eigenvalue weighted by Gasteiger charge is -2.12. The summed E-state index contributed by atoms with van der Waals surface area (Å²) in [6.45, 7) is 7.27. The first-order valence-electron chi connectivity index (χ1n) is 7.18. The van der Waals surface area contributed by atoms with Gasteiger partial charge in [-0.05, 0) is 38.8 Å². The van der Waals surface area contributed by atoms with Gasteiger partial charge in [-0.3, -0.25) is 15.0 Å². The van der Waals surface area contributed by atoms with Crippen LogP contribution in [0, 0.1) is 6.92 Å². The Hall–Kier alpha value is -2.50. The largest absolute Gasteiger partial charge is 0.507 e. The fourth-order valence-electron chi connectivity index (χ4n) is 1.68. The third-order valence-corrected chi connectivity index (χ3v) is 3.20. The molecule has 2 amide bonds. The van der Waals surface area contributed by atoms with Crippen molar-refractivity contribution < 1.29 is 14.7 Å². The normalized spacial score (nSPS) is 12.5. The first kappa shape index (κ1) is 17.6. The highest BCUT2D eigenvalue weighted by Crippen LogP contribution is 2.20. The Bertz CT molecular complexity index is 582. The molecule has 1 rings (SSSR count). The highest BCUT2D eigenvalue weighted by molar-refractivity contribution is 5.97. The number of benzene rings is 1. The van der Waals surface area contributed by atoms with Crippen molar-refractivity contribution in [2.24, 2.45) is 0 Å². The lowest BCUT2D eigenvalue weighted by atomic mass is 10.1. The van der Waals surface area contributed by atoms with E-state index >= 15 is 0 Å². The second kappa shape index (κ2) is 8.07. The second-order valence-corrected chi connectivity index (χ2v) is 5.20. The minimum atomic E-state index is -0.476. The van der Waals surface area contributed by atoms with Crippen LogP contribution in [-0.2, 0) is 4.79 Å². The van der Waals surface area contributed by atoms with Gasteiger partial charge in [-0.2, -0.15) is 0 Å². The number of allylic oxidation sites excluding steroid dienone is 1. The van der Waals surface area contributed by atoms with Gasteiger partial charge in [0.1, 0.15) is 5.75 Å². The van der Waals surface area contributed by atoms with E-state index in [1.165, 1.54) is 12.1 Å². The van der Waals surface area contributed by atoms with Gasteiger partial charge in [-0.15, -0.1) is 0 Å². The van der Waals surface area contributed by atoms with Crippen LogP contribution >= 0.6 is 0 Å². The minimum Gasteiger partial charge on any atom is -0.507 e. The van der Waals surface area contributed by atoms with Gasteiger partial charge in [0.2, 0.25) is 5.91 Å². The van der Waals surface area contributed by atoms with Crippen LogP contribution in [0.25, 0.3) is 0 Å². The highest BCUT2D eigenvalue weighted by Gasteiger charge is 2.12. The number of para-hydroxylation sites is 1. The molecule has 0 heterocycles. The van der Waals surface area contributed by atoms with Gasteiger partial charge in [0.25, 0.3) is 5.91 Å². The predicted octanol–water partition coefficient (Wildman–Crippen LogP) is 1.75. The lowest BCUT2D eigenvalue weighted by Crippen LogP contribution is -2.37. The molecule has 1 aromatic carbocycles. The zero-order valence-corrected chi connectivity index (χ0v) is 13.4. The molecule has 1 unspecified atom stereocenters. The number of aryl methyl sites for hydroxylation is 1. The molecule has 0 aliphatic heterocycles. The van der Waals surface area contributed by atoms with Crippen LogP contribution in [0.5, 0.6) is 5.75 Å². The number of aromatic hydroxyl groups is 1. The summed E-state index contributed by atoms with van der Waals surface area (Å²) in [6.07, 6.45) is 2.21. The van der Waals surface area contributed by atoms with Crippen molar-refractivity contribution in [3.63, 3.8) is 0 Å². The molecule has 0 aliphatic carbocycles. The Kier molecular flexibility index (Phi) is 6.44. The number of hydrazine groups is 1. The molecule has 1 aromatic rings. The van der Waals surface area contributed by atoms with Crippen LogP contribution in [-0.4, -0.2) is 23.0 Å². The molecular weight excluding hydrogens is 282 g/mol.